The van der Waals surface area contributed by atoms with Crippen molar-refractivity contribution in [2.75, 3.05) is 39.9 Å². The van der Waals surface area contributed by atoms with Gasteiger partial charge in [-0.2, -0.15) is 0 Å². The van der Waals surface area contributed by atoms with E-state index in [4.69, 9.17) is 4.74 Å². The topological polar surface area (TPSA) is 48.9 Å². The Kier molecular flexibility index (Phi) is 8.98. The Hall–Kier alpha value is -0.860. The lowest BCUT2D eigenvalue weighted by Gasteiger charge is -2.33. The maximum atomic E-state index is 5.43. The van der Waals surface area contributed by atoms with Crippen molar-refractivity contribution in [3.05, 3.63) is 35.9 Å². The van der Waals surface area contributed by atoms with Crippen molar-refractivity contribution in [3.8, 4) is 0 Å². The summed E-state index contributed by atoms with van der Waals surface area (Å²) < 4.78 is 5.43. The fourth-order valence-electron chi connectivity index (χ4n) is 3.45. The summed E-state index contributed by atoms with van der Waals surface area (Å²) in [5, 5.41) is 7.04. The Bertz CT molecular complexity index is 511. The SMILES string of the molecule is CN=C(NCC1CCOC1)NC1CCN(Cc2ccccc2)CC1.I. The average Bonchev–Trinajstić information content (AvgIpc) is 3.14. The minimum absolute atomic E-state index is 0. The van der Waals surface area contributed by atoms with E-state index in [0.29, 0.717) is 12.0 Å². The summed E-state index contributed by atoms with van der Waals surface area (Å²) in [5.41, 5.74) is 1.40. The molecule has 2 saturated heterocycles. The van der Waals surface area contributed by atoms with E-state index < -0.39 is 0 Å². The molecule has 1 atom stereocenters. The maximum absolute atomic E-state index is 5.43. The first-order valence-electron chi connectivity index (χ1n) is 9.14. The smallest absolute Gasteiger partial charge is 0.191 e. The first-order valence-corrected chi connectivity index (χ1v) is 9.14. The molecule has 2 aliphatic rings. The number of nitrogens with zero attached hydrogens (tertiary/aromatic N) is 2. The molecule has 140 valence electrons. The molecule has 2 aliphatic heterocycles. The molecule has 1 unspecified atom stereocenters. The molecule has 2 fully saturated rings. The number of piperidine rings is 1. The summed E-state index contributed by atoms with van der Waals surface area (Å²) in [5.74, 6) is 1.56. The third-order valence-electron chi connectivity index (χ3n) is 4.98. The molecule has 2 heterocycles. The van der Waals surface area contributed by atoms with Crippen molar-refractivity contribution in [2.24, 2.45) is 10.9 Å². The molecule has 25 heavy (non-hydrogen) atoms. The van der Waals surface area contributed by atoms with Crippen LogP contribution in [0.25, 0.3) is 0 Å². The first kappa shape index (κ1) is 20.5. The first-order chi connectivity index (χ1) is 11.8. The second-order valence-electron chi connectivity index (χ2n) is 6.86. The Morgan fingerprint density at radius 2 is 1.96 bits per heavy atom. The molecule has 5 nitrogen and oxygen atoms in total. The Morgan fingerprint density at radius 3 is 2.60 bits per heavy atom. The van der Waals surface area contributed by atoms with Crippen molar-refractivity contribution < 1.29 is 4.74 Å². The molecule has 0 aliphatic carbocycles. The third-order valence-corrected chi connectivity index (χ3v) is 4.98. The second-order valence-corrected chi connectivity index (χ2v) is 6.86. The van der Waals surface area contributed by atoms with Crippen LogP contribution in [0.2, 0.25) is 0 Å². The van der Waals surface area contributed by atoms with Gasteiger partial charge >= 0.3 is 0 Å². The summed E-state index contributed by atoms with van der Waals surface area (Å²) in [6.07, 6.45) is 3.49. The molecule has 0 saturated carbocycles. The second kappa shape index (κ2) is 11.0. The van der Waals surface area contributed by atoms with E-state index in [9.17, 15) is 0 Å². The molecule has 3 rings (SSSR count). The number of likely N-dealkylation sites (tertiary alicyclic amines) is 1. The van der Waals surface area contributed by atoms with E-state index in [-0.39, 0.29) is 24.0 Å². The zero-order valence-electron chi connectivity index (χ0n) is 15.1. The highest BCUT2D eigenvalue weighted by Crippen LogP contribution is 2.14. The molecule has 0 bridgehead atoms. The zero-order valence-corrected chi connectivity index (χ0v) is 17.4. The highest BCUT2D eigenvalue weighted by Gasteiger charge is 2.21. The number of guanidine groups is 1. The summed E-state index contributed by atoms with van der Waals surface area (Å²) in [7, 11) is 1.85. The molecule has 0 amide bonds. The van der Waals surface area contributed by atoms with Crippen LogP contribution in [0.1, 0.15) is 24.8 Å². The number of hydrogen-bond donors (Lipinski definition) is 2. The van der Waals surface area contributed by atoms with Gasteiger partial charge in [0.2, 0.25) is 0 Å². The summed E-state index contributed by atoms with van der Waals surface area (Å²) in [6.45, 7) is 6.06. The number of rotatable bonds is 5. The normalized spacial score (nSPS) is 22.4. The molecule has 1 aromatic carbocycles. The monoisotopic (exact) mass is 458 g/mol. The van der Waals surface area contributed by atoms with Crippen LogP contribution in [0.5, 0.6) is 0 Å². The number of aliphatic imine (C=N–C) groups is 1. The van der Waals surface area contributed by atoms with Crippen LogP contribution in [0, 0.1) is 5.92 Å². The highest BCUT2D eigenvalue weighted by molar-refractivity contribution is 14.0. The molecular weight excluding hydrogens is 427 g/mol. The fraction of sp³-hybridized carbons (Fsp3) is 0.632. The standard InChI is InChI=1S/C19H30N4O.HI/c1-20-19(21-13-17-9-12-24-15-17)22-18-7-10-23(11-8-18)14-16-5-3-2-4-6-16;/h2-6,17-18H,7-15H2,1H3,(H2,20,21,22);1H. The number of halogens is 1. The number of ether oxygens (including phenoxy) is 1. The van der Waals surface area contributed by atoms with Gasteiger partial charge in [-0.05, 0) is 24.8 Å². The largest absolute Gasteiger partial charge is 0.381 e. The average molecular weight is 458 g/mol. The van der Waals surface area contributed by atoms with Gasteiger partial charge in [-0.25, -0.2) is 0 Å². The molecule has 1 aromatic rings. The Morgan fingerprint density at radius 1 is 1.20 bits per heavy atom. The highest BCUT2D eigenvalue weighted by atomic mass is 127. The predicted octanol–water partition coefficient (Wildman–Crippen LogP) is 2.47. The lowest BCUT2D eigenvalue weighted by Crippen LogP contribution is -2.49. The van der Waals surface area contributed by atoms with Crippen molar-refractivity contribution >= 4 is 29.9 Å². The van der Waals surface area contributed by atoms with Gasteiger partial charge in [0.1, 0.15) is 0 Å². The van der Waals surface area contributed by atoms with Crippen LogP contribution in [-0.4, -0.2) is 56.8 Å². The number of hydrogen-bond acceptors (Lipinski definition) is 3. The molecule has 0 spiro atoms. The molecule has 2 N–H and O–H groups in total. The number of benzene rings is 1. The molecule has 0 aromatic heterocycles. The summed E-state index contributed by atoms with van der Waals surface area (Å²) >= 11 is 0. The molecule has 6 heteroatoms. The van der Waals surface area contributed by atoms with Crippen LogP contribution < -0.4 is 10.6 Å². The van der Waals surface area contributed by atoms with Gasteiger partial charge in [0, 0.05) is 51.8 Å². The van der Waals surface area contributed by atoms with Gasteiger partial charge in [0.25, 0.3) is 0 Å². The Labute approximate surface area is 168 Å². The van der Waals surface area contributed by atoms with Gasteiger partial charge in [0.05, 0.1) is 6.61 Å². The van der Waals surface area contributed by atoms with E-state index in [1.807, 2.05) is 7.05 Å². The van der Waals surface area contributed by atoms with Crippen molar-refractivity contribution in [2.45, 2.75) is 31.8 Å². The number of nitrogens with one attached hydrogen (secondary N) is 2. The maximum Gasteiger partial charge on any atom is 0.191 e. The molecular formula is C19H31IN4O. The van der Waals surface area contributed by atoms with Crippen LogP contribution in [0.3, 0.4) is 0 Å². The fourth-order valence-corrected chi connectivity index (χ4v) is 3.45. The van der Waals surface area contributed by atoms with E-state index in [1.54, 1.807) is 0 Å². The summed E-state index contributed by atoms with van der Waals surface area (Å²) in [6, 6.07) is 11.3. The van der Waals surface area contributed by atoms with E-state index in [0.717, 1.165) is 51.8 Å². The zero-order chi connectivity index (χ0) is 16.6. The van der Waals surface area contributed by atoms with E-state index >= 15 is 0 Å². The minimum atomic E-state index is 0. The Balaban J connectivity index is 0.00000225. The predicted molar refractivity (Wildman–Crippen MR) is 114 cm³/mol. The van der Waals surface area contributed by atoms with Gasteiger partial charge < -0.3 is 15.4 Å². The van der Waals surface area contributed by atoms with Crippen molar-refractivity contribution in [1.82, 2.24) is 15.5 Å². The van der Waals surface area contributed by atoms with Gasteiger partial charge in [-0.15, -0.1) is 24.0 Å². The third kappa shape index (κ3) is 6.75. The van der Waals surface area contributed by atoms with Gasteiger partial charge in [-0.3, -0.25) is 9.89 Å². The van der Waals surface area contributed by atoms with Crippen LogP contribution in [0.4, 0.5) is 0 Å². The van der Waals surface area contributed by atoms with Crippen molar-refractivity contribution in [3.63, 3.8) is 0 Å². The molecule has 0 radical (unpaired) electrons. The van der Waals surface area contributed by atoms with Gasteiger partial charge in [-0.1, -0.05) is 30.3 Å². The van der Waals surface area contributed by atoms with Gasteiger partial charge in [0.15, 0.2) is 5.96 Å². The minimum Gasteiger partial charge on any atom is -0.381 e. The lowest BCUT2D eigenvalue weighted by atomic mass is 10.0. The van der Waals surface area contributed by atoms with E-state index in [2.05, 4.69) is 50.9 Å². The summed E-state index contributed by atoms with van der Waals surface area (Å²) in [4.78, 5) is 6.91. The van der Waals surface area contributed by atoms with Crippen LogP contribution >= 0.6 is 24.0 Å². The van der Waals surface area contributed by atoms with E-state index in [1.165, 1.54) is 18.4 Å². The van der Waals surface area contributed by atoms with Crippen LogP contribution in [0.15, 0.2) is 35.3 Å². The van der Waals surface area contributed by atoms with Crippen molar-refractivity contribution in [1.29, 1.82) is 0 Å². The lowest BCUT2D eigenvalue weighted by molar-refractivity contribution is 0.186. The van der Waals surface area contributed by atoms with Crippen LogP contribution in [-0.2, 0) is 11.3 Å². The quantitative estimate of drug-likeness (QED) is 0.405.